The number of halogens is 8. The van der Waals surface area contributed by atoms with Gasteiger partial charge < -0.3 is 46.7 Å². The van der Waals surface area contributed by atoms with Gasteiger partial charge in [0.25, 0.3) is 0 Å². The van der Waals surface area contributed by atoms with Crippen molar-refractivity contribution in [1.29, 1.82) is 0 Å². The van der Waals surface area contributed by atoms with E-state index in [-0.39, 0.29) is 84.6 Å². The standard InChI is InChI=1S/C18H28FNO3.C18H26FNO3.C13H18FNO.C12H15BrFNO2.C7H7BrFN.ClH/c2*1-17(2,3)10-15(21)12-7-8-13(14(19)9-12)11-20-16(22)23-18(4,5)6;1-13(2,3)7-12(16)9-4-5-10(8-15)11(14)6-9;1-12(2,3)17-11(16)15-7-8-4-5-9(13)6-10(8)14;8-6-2-1-5(4-10)7(9)3-6;/h7-9,15,21H,10-11H2,1-6H3,(H,20,22);7-9H,10-11H2,1-6H3,(H,20,22);4-6H,7-8,15H2,1-3H3;4-6H,7H2,1-3H3,(H,15,16);1-3H,4,10H2;1H. The number of ether oxygens (including phenoxy) is 3. The summed E-state index contributed by atoms with van der Waals surface area (Å²) < 4.78 is 84.4. The Kier molecular flexibility index (Phi) is 35.0. The van der Waals surface area contributed by atoms with E-state index in [9.17, 15) is 51.0 Å². The Hall–Kier alpha value is -5.97. The number of aliphatic hydroxyl groups is 1. The maximum atomic E-state index is 14.1. The predicted octanol–water partition coefficient (Wildman–Crippen LogP) is 17.8. The average molecular weight is 1420 g/mol. The highest BCUT2D eigenvalue weighted by molar-refractivity contribution is 9.10. The Morgan fingerprint density at radius 3 is 0.978 bits per heavy atom. The predicted molar refractivity (Wildman–Crippen MR) is 355 cm³/mol. The summed E-state index contributed by atoms with van der Waals surface area (Å²) in [6.45, 7) is 34.3. The number of alkyl carbamates (subject to hydrolysis) is 3. The van der Waals surface area contributed by atoms with Gasteiger partial charge in [-0.15, -0.1) is 12.4 Å². The van der Waals surface area contributed by atoms with Crippen molar-refractivity contribution in [3.05, 3.63) is 174 Å². The molecule has 0 aliphatic heterocycles. The summed E-state index contributed by atoms with van der Waals surface area (Å²) in [5, 5.41) is 17.7. The summed E-state index contributed by atoms with van der Waals surface area (Å²) in [5.74, 6) is -2.11. The minimum atomic E-state index is -0.711. The molecule has 0 aliphatic rings. The summed E-state index contributed by atoms with van der Waals surface area (Å²) in [7, 11) is 0. The topological polar surface area (TPSA) is 221 Å². The molecule has 0 saturated carbocycles. The van der Waals surface area contributed by atoms with Crippen molar-refractivity contribution in [2.24, 2.45) is 27.7 Å². The third-order valence-corrected chi connectivity index (χ3v) is 12.3. The van der Waals surface area contributed by atoms with Gasteiger partial charge in [0.2, 0.25) is 0 Å². The van der Waals surface area contributed by atoms with Crippen molar-refractivity contribution < 1.29 is 65.2 Å². The lowest BCUT2D eigenvalue weighted by Crippen LogP contribution is -2.32. The number of amides is 3. The molecule has 0 aliphatic carbocycles. The van der Waals surface area contributed by atoms with Crippen LogP contribution in [0.15, 0.2) is 99.9 Å². The van der Waals surface area contributed by atoms with E-state index in [4.69, 9.17) is 25.7 Å². The Morgan fingerprint density at radius 1 is 0.433 bits per heavy atom. The first-order chi connectivity index (χ1) is 40.6. The second-order valence-corrected chi connectivity index (χ2v) is 29.3. The van der Waals surface area contributed by atoms with Crippen LogP contribution in [0.2, 0.25) is 0 Å². The molecule has 5 aromatic rings. The van der Waals surface area contributed by atoms with Crippen LogP contribution in [0.1, 0.15) is 204 Å². The van der Waals surface area contributed by atoms with Crippen molar-refractivity contribution in [3.8, 4) is 0 Å². The van der Waals surface area contributed by atoms with E-state index in [2.05, 4.69) is 47.8 Å². The number of rotatable bonds is 14. The van der Waals surface area contributed by atoms with Crippen molar-refractivity contribution >= 4 is 74.1 Å². The molecule has 5 rings (SSSR count). The highest BCUT2D eigenvalue weighted by Gasteiger charge is 2.23. The second-order valence-electron chi connectivity index (χ2n) is 27.5. The highest BCUT2D eigenvalue weighted by atomic mass is 79.9. The first kappa shape index (κ1) is 84.0. The molecule has 1 atom stereocenters. The van der Waals surface area contributed by atoms with Crippen LogP contribution < -0.4 is 27.4 Å². The van der Waals surface area contributed by atoms with Gasteiger partial charge in [-0.25, -0.2) is 36.3 Å². The second kappa shape index (κ2) is 37.5. The third kappa shape index (κ3) is 37.4. The molecule has 90 heavy (non-hydrogen) atoms. The maximum Gasteiger partial charge on any atom is 0.407 e. The average Bonchev–Trinajstić information content (AvgIpc) is 3.59. The van der Waals surface area contributed by atoms with E-state index >= 15 is 0 Å². The summed E-state index contributed by atoms with van der Waals surface area (Å²) in [6, 6.07) is 22.9. The number of hydrogen-bond donors (Lipinski definition) is 6. The molecule has 1 unspecified atom stereocenters. The van der Waals surface area contributed by atoms with Gasteiger partial charge in [0, 0.05) is 93.5 Å². The Bertz CT molecular complexity index is 3130. The highest BCUT2D eigenvalue weighted by Crippen LogP contribution is 2.30. The van der Waals surface area contributed by atoms with Gasteiger partial charge in [-0.2, -0.15) is 0 Å². The zero-order valence-corrected chi connectivity index (χ0v) is 59.3. The van der Waals surface area contributed by atoms with Gasteiger partial charge >= 0.3 is 18.3 Å². The molecule has 3 amide bonds. The molecule has 0 bridgehead atoms. The number of carbonyl (C=O) groups excluding carboxylic acids is 5. The molecule has 5 aromatic carbocycles. The number of nitrogens with two attached hydrogens (primary N) is 2. The van der Waals surface area contributed by atoms with E-state index in [0.29, 0.717) is 68.2 Å². The van der Waals surface area contributed by atoms with Crippen molar-refractivity contribution in [3.63, 3.8) is 0 Å². The molecular formula is C68H95Br2ClF5N5O9. The lowest BCUT2D eigenvalue weighted by atomic mass is 9.87. The van der Waals surface area contributed by atoms with E-state index < -0.39 is 58.6 Å². The van der Waals surface area contributed by atoms with E-state index in [0.717, 1.165) is 4.47 Å². The van der Waals surface area contributed by atoms with Gasteiger partial charge in [-0.1, -0.05) is 143 Å². The minimum Gasteiger partial charge on any atom is -0.444 e. The number of nitrogens with one attached hydrogen (secondary N) is 3. The van der Waals surface area contributed by atoms with Gasteiger partial charge in [-0.05, 0) is 133 Å². The lowest BCUT2D eigenvalue weighted by molar-refractivity contribution is 0.0511. The molecule has 0 heterocycles. The first-order valence-electron chi connectivity index (χ1n) is 28.9. The fourth-order valence-corrected chi connectivity index (χ4v) is 7.99. The number of ketones is 2. The summed E-state index contributed by atoms with van der Waals surface area (Å²) in [5.41, 5.74) is 11.9. The van der Waals surface area contributed by atoms with Crippen LogP contribution in [0, 0.1) is 45.3 Å². The zero-order chi connectivity index (χ0) is 68.6. The van der Waals surface area contributed by atoms with Crippen LogP contribution in [0.5, 0.6) is 0 Å². The molecule has 502 valence electrons. The van der Waals surface area contributed by atoms with Crippen molar-refractivity contribution in [1.82, 2.24) is 16.0 Å². The van der Waals surface area contributed by atoms with Crippen LogP contribution in [0.25, 0.3) is 0 Å². The zero-order valence-electron chi connectivity index (χ0n) is 55.3. The molecule has 14 nitrogen and oxygen atoms in total. The normalized spacial score (nSPS) is 11.8. The van der Waals surface area contributed by atoms with Crippen LogP contribution in [-0.2, 0) is 46.9 Å². The quantitative estimate of drug-likeness (QED) is 0.0349. The van der Waals surface area contributed by atoms with E-state index in [1.54, 1.807) is 117 Å². The molecular weight excluding hydrogens is 1320 g/mol. The summed E-state index contributed by atoms with van der Waals surface area (Å²) in [6.07, 6.45) is -1.16. The number of hydrogen-bond acceptors (Lipinski definition) is 11. The monoisotopic (exact) mass is 1410 g/mol. The Labute approximate surface area is 553 Å². The van der Waals surface area contributed by atoms with E-state index in [1.165, 1.54) is 36.4 Å². The van der Waals surface area contributed by atoms with Gasteiger partial charge in [0.1, 0.15) is 45.9 Å². The van der Waals surface area contributed by atoms with Crippen molar-refractivity contribution in [2.75, 3.05) is 0 Å². The minimum absolute atomic E-state index is 0. The number of aliphatic hydroxyl groups excluding tert-OH is 1. The van der Waals surface area contributed by atoms with Crippen molar-refractivity contribution in [2.45, 2.75) is 200 Å². The molecule has 0 saturated heterocycles. The van der Waals surface area contributed by atoms with Crippen LogP contribution >= 0.6 is 44.3 Å². The summed E-state index contributed by atoms with van der Waals surface area (Å²) in [4.78, 5) is 58.4. The third-order valence-electron chi connectivity index (χ3n) is 11.3. The molecule has 0 radical (unpaired) electrons. The molecule has 0 fully saturated rings. The molecule has 22 heteroatoms. The lowest BCUT2D eigenvalue weighted by Gasteiger charge is -2.23. The maximum absolute atomic E-state index is 14.1. The van der Waals surface area contributed by atoms with Crippen LogP contribution in [0.4, 0.5) is 36.3 Å². The molecule has 0 aromatic heterocycles. The smallest absolute Gasteiger partial charge is 0.407 e. The molecule has 8 N–H and O–H groups in total. The largest absolute Gasteiger partial charge is 0.444 e. The van der Waals surface area contributed by atoms with Gasteiger partial charge in [0.15, 0.2) is 11.6 Å². The Balaban J connectivity index is 0.00000112. The van der Waals surface area contributed by atoms with Gasteiger partial charge in [0.05, 0.1) is 6.10 Å². The fraction of sp³-hybridized carbons (Fsp3) is 0.485. The Morgan fingerprint density at radius 2 is 0.711 bits per heavy atom. The van der Waals surface area contributed by atoms with Crippen LogP contribution in [-0.4, -0.2) is 51.8 Å². The fourth-order valence-electron chi connectivity index (χ4n) is 7.33. The molecule has 0 spiro atoms. The number of Topliss-reactive ketones (excluding diaryl/α,β-unsaturated/α-hetero) is 2. The first-order valence-corrected chi connectivity index (χ1v) is 30.5. The van der Waals surface area contributed by atoms with Gasteiger partial charge in [-0.3, -0.25) is 9.59 Å². The number of benzene rings is 5. The number of carbonyl (C=O) groups is 5. The SMILES string of the molecule is CC(C)(C)CC(=O)c1ccc(CN)c(F)c1.CC(C)(C)CC(=O)c1ccc(CNC(=O)OC(C)(C)C)c(F)c1.CC(C)(C)CC(O)c1ccc(CNC(=O)OC(C)(C)C)c(F)c1.CC(C)(C)OC(=O)NCc1ccc(Br)cc1F.Cl.NCc1ccc(Br)cc1F. The van der Waals surface area contributed by atoms with Crippen LogP contribution in [0.3, 0.4) is 0 Å². The van der Waals surface area contributed by atoms with E-state index in [1.807, 2.05) is 62.3 Å². The summed E-state index contributed by atoms with van der Waals surface area (Å²) >= 11 is 6.31.